The van der Waals surface area contributed by atoms with E-state index in [9.17, 15) is 4.79 Å². The van der Waals surface area contributed by atoms with Gasteiger partial charge in [0.2, 0.25) is 5.91 Å². The van der Waals surface area contributed by atoms with Crippen LogP contribution in [0.3, 0.4) is 0 Å². The zero-order chi connectivity index (χ0) is 12.6. The molecule has 3 atom stereocenters. The lowest BCUT2D eigenvalue weighted by Gasteiger charge is -2.33. The number of rotatable bonds is 2. The normalized spacial score (nSPS) is 31.7. The summed E-state index contributed by atoms with van der Waals surface area (Å²) in [4.78, 5) is 16.3. The van der Waals surface area contributed by atoms with Gasteiger partial charge < -0.3 is 15.4 Å². The van der Waals surface area contributed by atoms with Gasteiger partial charge in [-0.25, -0.2) is 0 Å². The minimum atomic E-state index is -0.388. The lowest BCUT2D eigenvalue weighted by molar-refractivity contribution is -0.133. The van der Waals surface area contributed by atoms with Crippen molar-refractivity contribution >= 4 is 5.91 Å². The number of likely N-dealkylation sites (tertiary alicyclic amines) is 1. The van der Waals surface area contributed by atoms with Gasteiger partial charge in [0.1, 0.15) is 0 Å². The van der Waals surface area contributed by atoms with E-state index in [1.165, 1.54) is 0 Å². The van der Waals surface area contributed by atoms with Gasteiger partial charge in [0, 0.05) is 19.6 Å². The Balaban J connectivity index is 1.99. The van der Waals surface area contributed by atoms with Gasteiger partial charge in [-0.2, -0.15) is 0 Å². The van der Waals surface area contributed by atoms with Crippen LogP contribution in [0.15, 0.2) is 0 Å². The van der Waals surface area contributed by atoms with Gasteiger partial charge in [-0.1, -0.05) is 13.8 Å². The SMILES string of the molecule is CC(C)[C@H](N)C(=O)N1C[C@@H]2OCCN(C)[C@@H]2C1. The van der Waals surface area contributed by atoms with Crippen LogP contribution in [0.5, 0.6) is 0 Å². The van der Waals surface area contributed by atoms with Crippen molar-refractivity contribution in [3.8, 4) is 0 Å². The van der Waals surface area contributed by atoms with Crippen LogP contribution >= 0.6 is 0 Å². The van der Waals surface area contributed by atoms with Crippen LogP contribution in [-0.4, -0.2) is 67.2 Å². The number of likely N-dealkylation sites (N-methyl/N-ethyl adjacent to an activating group) is 1. The molecule has 2 heterocycles. The minimum absolute atomic E-state index is 0.0615. The standard InChI is InChI=1S/C12H23N3O2/c1-8(2)11(13)12(16)15-6-9-10(7-15)17-5-4-14(9)3/h8-11H,4-7,13H2,1-3H3/t9-,10+,11+/m1/s1. The molecule has 2 N–H and O–H groups in total. The molecule has 0 bridgehead atoms. The summed E-state index contributed by atoms with van der Waals surface area (Å²) < 4.78 is 5.72. The number of carbonyl (C=O) groups is 1. The van der Waals surface area contributed by atoms with Crippen molar-refractivity contribution in [2.75, 3.05) is 33.3 Å². The third-order valence-corrected chi connectivity index (χ3v) is 3.89. The summed E-state index contributed by atoms with van der Waals surface area (Å²) in [5, 5.41) is 0. The van der Waals surface area contributed by atoms with Crippen LogP contribution in [0.25, 0.3) is 0 Å². The zero-order valence-electron chi connectivity index (χ0n) is 10.9. The minimum Gasteiger partial charge on any atom is -0.373 e. The number of morpholine rings is 1. The fourth-order valence-corrected chi connectivity index (χ4v) is 2.53. The van der Waals surface area contributed by atoms with Crippen molar-refractivity contribution in [2.45, 2.75) is 32.0 Å². The molecule has 5 nitrogen and oxygen atoms in total. The van der Waals surface area contributed by atoms with Gasteiger partial charge in [0.15, 0.2) is 0 Å². The van der Waals surface area contributed by atoms with Gasteiger partial charge in [0.05, 0.1) is 24.8 Å². The third-order valence-electron chi connectivity index (χ3n) is 3.89. The Labute approximate surface area is 103 Å². The largest absolute Gasteiger partial charge is 0.373 e. The maximum absolute atomic E-state index is 12.2. The molecule has 0 spiro atoms. The number of amides is 1. The zero-order valence-corrected chi connectivity index (χ0v) is 10.9. The molecule has 0 unspecified atom stereocenters. The van der Waals surface area contributed by atoms with Crippen LogP contribution in [-0.2, 0) is 9.53 Å². The highest BCUT2D eigenvalue weighted by Crippen LogP contribution is 2.22. The lowest BCUT2D eigenvalue weighted by atomic mass is 10.0. The molecular formula is C12H23N3O2. The van der Waals surface area contributed by atoms with E-state index >= 15 is 0 Å². The highest BCUT2D eigenvalue weighted by atomic mass is 16.5. The van der Waals surface area contributed by atoms with Crippen molar-refractivity contribution in [1.29, 1.82) is 0 Å². The summed E-state index contributed by atoms with van der Waals surface area (Å²) >= 11 is 0. The average Bonchev–Trinajstić information content (AvgIpc) is 2.72. The molecule has 2 rings (SSSR count). The van der Waals surface area contributed by atoms with Crippen LogP contribution in [0.1, 0.15) is 13.8 Å². The van der Waals surface area contributed by atoms with E-state index in [0.717, 1.165) is 19.7 Å². The topological polar surface area (TPSA) is 58.8 Å². The predicted molar refractivity (Wildman–Crippen MR) is 65.6 cm³/mol. The molecule has 17 heavy (non-hydrogen) atoms. The molecule has 2 aliphatic rings. The number of hydrogen-bond donors (Lipinski definition) is 1. The average molecular weight is 241 g/mol. The Kier molecular flexibility index (Phi) is 3.70. The van der Waals surface area contributed by atoms with Gasteiger partial charge in [0.25, 0.3) is 0 Å². The first-order valence-electron chi connectivity index (χ1n) is 6.37. The van der Waals surface area contributed by atoms with Crippen molar-refractivity contribution < 1.29 is 9.53 Å². The van der Waals surface area contributed by atoms with Crippen molar-refractivity contribution in [2.24, 2.45) is 11.7 Å². The quantitative estimate of drug-likeness (QED) is 0.709. The van der Waals surface area contributed by atoms with Crippen molar-refractivity contribution in [3.05, 3.63) is 0 Å². The molecule has 2 fully saturated rings. The molecule has 0 aromatic heterocycles. The van der Waals surface area contributed by atoms with Crippen LogP contribution in [0.4, 0.5) is 0 Å². The lowest BCUT2D eigenvalue weighted by Crippen LogP contribution is -2.48. The first-order valence-corrected chi connectivity index (χ1v) is 6.37. The number of fused-ring (bicyclic) bond motifs is 1. The van der Waals surface area contributed by atoms with E-state index in [2.05, 4.69) is 11.9 Å². The molecule has 0 saturated carbocycles. The van der Waals surface area contributed by atoms with E-state index in [0.29, 0.717) is 12.6 Å². The number of hydrogen-bond acceptors (Lipinski definition) is 4. The molecule has 5 heteroatoms. The molecule has 98 valence electrons. The van der Waals surface area contributed by atoms with Crippen LogP contribution in [0.2, 0.25) is 0 Å². The Morgan fingerprint density at radius 1 is 1.41 bits per heavy atom. The van der Waals surface area contributed by atoms with Gasteiger partial charge >= 0.3 is 0 Å². The molecule has 1 amide bonds. The Bertz CT molecular complexity index is 295. The van der Waals surface area contributed by atoms with E-state index in [4.69, 9.17) is 10.5 Å². The monoisotopic (exact) mass is 241 g/mol. The molecule has 0 radical (unpaired) electrons. The molecule has 2 saturated heterocycles. The third kappa shape index (κ3) is 2.46. The van der Waals surface area contributed by atoms with Crippen LogP contribution in [0, 0.1) is 5.92 Å². The maximum Gasteiger partial charge on any atom is 0.239 e. The maximum atomic E-state index is 12.2. The molecule has 0 aromatic carbocycles. The number of ether oxygens (including phenoxy) is 1. The van der Waals surface area contributed by atoms with E-state index < -0.39 is 0 Å². The van der Waals surface area contributed by atoms with Gasteiger partial charge in [-0.3, -0.25) is 9.69 Å². The predicted octanol–water partition coefficient (Wildman–Crippen LogP) is -0.489. The van der Waals surface area contributed by atoms with Gasteiger partial charge in [-0.05, 0) is 13.0 Å². The highest BCUT2D eigenvalue weighted by molar-refractivity contribution is 5.82. The molecular weight excluding hydrogens is 218 g/mol. The number of nitrogens with zero attached hydrogens (tertiary/aromatic N) is 2. The fourth-order valence-electron chi connectivity index (χ4n) is 2.53. The van der Waals surface area contributed by atoms with E-state index in [1.54, 1.807) is 0 Å². The van der Waals surface area contributed by atoms with Crippen LogP contribution < -0.4 is 5.73 Å². The molecule has 2 aliphatic heterocycles. The second kappa shape index (κ2) is 4.92. The molecule has 0 aromatic rings. The summed E-state index contributed by atoms with van der Waals surface area (Å²) in [6.45, 7) is 7.10. The highest BCUT2D eigenvalue weighted by Gasteiger charge is 2.41. The summed E-state index contributed by atoms with van der Waals surface area (Å²) in [7, 11) is 2.09. The number of carbonyl (C=O) groups excluding carboxylic acids is 1. The van der Waals surface area contributed by atoms with Crippen molar-refractivity contribution in [3.63, 3.8) is 0 Å². The summed E-state index contributed by atoms with van der Waals surface area (Å²) in [6.07, 6.45) is 0.164. The first kappa shape index (κ1) is 12.8. The first-order chi connectivity index (χ1) is 8.00. The Morgan fingerprint density at radius 3 is 2.71 bits per heavy atom. The second-order valence-corrected chi connectivity index (χ2v) is 5.47. The summed E-state index contributed by atoms with van der Waals surface area (Å²) in [6, 6.07) is -0.0486. The summed E-state index contributed by atoms with van der Waals surface area (Å²) in [5.74, 6) is 0.246. The number of nitrogens with two attached hydrogens (primary N) is 1. The van der Waals surface area contributed by atoms with Gasteiger partial charge in [-0.15, -0.1) is 0 Å². The van der Waals surface area contributed by atoms with E-state index in [1.807, 2.05) is 18.7 Å². The Hall–Kier alpha value is -0.650. The fraction of sp³-hybridized carbons (Fsp3) is 0.917. The smallest absolute Gasteiger partial charge is 0.239 e. The molecule has 0 aliphatic carbocycles. The van der Waals surface area contributed by atoms with E-state index in [-0.39, 0.29) is 24.0 Å². The summed E-state index contributed by atoms with van der Waals surface area (Å²) in [5.41, 5.74) is 5.92. The van der Waals surface area contributed by atoms with Crippen molar-refractivity contribution in [1.82, 2.24) is 9.80 Å². The second-order valence-electron chi connectivity index (χ2n) is 5.47. The Morgan fingerprint density at radius 2 is 2.12 bits per heavy atom.